The Bertz CT molecular complexity index is 339. The number of rotatable bonds is 6. The van der Waals surface area contributed by atoms with Crippen LogP contribution in [0.2, 0.25) is 0 Å². The van der Waals surface area contributed by atoms with E-state index in [4.69, 9.17) is 0 Å². The van der Waals surface area contributed by atoms with E-state index in [0.29, 0.717) is 22.9 Å². The lowest BCUT2D eigenvalue weighted by molar-refractivity contribution is 0.0951. The average Bonchev–Trinajstić information content (AvgIpc) is 2.38. The van der Waals surface area contributed by atoms with Gasteiger partial charge in [-0.1, -0.05) is 42.6 Å². The number of carbonyl (C=O) groups excluding carboxylic acids is 1. The molecule has 0 aromatic carbocycles. The lowest BCUT2D eigenvalue weighted by atomic mass is 9.99. The van der Waals surface area contributed by atoms with Gasteiger partial charge in [0.25, 0.3) is 5.91 Å². The Morgan fingerprint density at radius 2 is 2.18 bits per heavy atom. The van der Waals surface area contributed by atoms with E-state index in [1.165, 1.54) is 0 Å². The maximum atomic E-state index is 11.8. The van der Waals surface area contributed by atoms with Gasteiger partial charge in [0.1, 0.15) is 0 Å². The van der Waals surface area contributed by atoms with Gasteiger partial charge in [-0.05, 0) is 18.1 Å². The van der Waals surface area contributed by atoms with E-state index >= 15 is 0 Å². The van der Waals surface area contributed by atoms with E-state index in [1.54, 1.807) is 24.5 Å². The van der Waals surface area contributed by atoms with Gasteiger partial charge in [0.2, 0.25) is 0 Å². The van der Waals surface area contributed by atoms with Gasteiger partial charge in [-0.2, -0.15) is 0 Å². The molecule has 0 fully saturated rings. The van der Waals surface area contributed by atoms with Crippen molar-refractivity contribution in [2.24, 2.45) is 5.92 Å². The van der Waals surface area contributed by atoms with Gasteiger partial charge in [-0.3, -0.25) is 9.78 Å². The Kier molecular flexibility index (Phi) is 6.19. The molecule has 0 bridgehead atoms. The molecule has 1 heterocycles. The van der Waals surface area contributed by atoms with Crippen molar-refractivity contribution < 1.29 is 4.79 Å². The summed E-state index contributed by atoms with van der Waals surface area (Å²) in [6.07, 6.45) is 5.48. The van der Waals surface area contributed by atoms with Gasteiger partial charge in [0.15, 0.2) is 0 Å². The third-order valence-electron chi connectivity index (χ3n) is 2.94. The minimum absolute atomic E-state index is 0.0616. The molecule has 17 heavy (non-hydrogen) atoms. The zero-order valence-electron chi connectivity index (χ0n) is 10.3. The molecule has 1 rings (SSSR count). The first-order chi connectivity index (χ1) is 8.19. The maximum Gasteiger partial charge on any atom is 0.252 e. The van der Waals surface area contributed by atoms with Crippen LogP contribution in [0.4, 0.5) is 0 Å². The van der Waals surface area contributed by atoms with Crippen molar-refractivity contribution in [2.45, 2.75) is 31.5 Å². The maximum absolute atomic E-state index is 11.8. The standard InChI is InChI=1S/C13H19BrN2O/c1-3-10(4-2)12(14)9-16-13(17)11-6-5-7-15-8-11/h5-8,10,12H,3-4,9H2,1-2H3,(H,16,17). The van der Waals surface area contributed by atoms with E-state index in [2.05, 4.69) is 40.1 Å². The number of nitrogens with one attached hydrogen (secondary N) is 1. The highest BCUT2D eigenvalue weighted by molar-refractivity contribution is 9.09. The number of alkyl halides is 1. The van der Waals surface area contributed by atoms with Crippen LogP contribution in [0.3, 0.4) is 0 Å². The highest BCUT2D eigenvalue weighted by Crippen LogP contribution is 2.19. The summed E-state index contributed by atoms with van der Waals surface area (Å²) in [6.45, 7) is 5.00. The van der Waals surface area contributed by atoms with Crippen molar-refractivity contribution in [2.75, 3.05) is 6.54 Å². The second-order valence-corrected chi connectivity index (χ2v) is 5.22. The number of aromatic nitrogens is 1. The van der Waals surface area contributed by atoms with E-state index in [1.807, 2.05) is 0 Å². The lowest BCUT2D eigenvalue weighted by Gasteiger charge is -2.19. The molecule has 1 amide bonds. The van der Waals surface area contributed by atoms with Crippen molar-refractivity contribution in [1.82, 2.24) is 10.3 Å². The van der Waals surface area contributed by atoms with E-state index in [9.17, 15) is 4.79 Å². The number of hydrogen-bond donors (Lipinski definition) is 1. The SMILES string of the molecule is CCC(CC)C(Br)CNC(=O)c1cccnc1. The molecule has 0 radical (unpaired) electrons. The smallest absolute Gasteiger partial charge is 0.252 e. The average molecular weight is 299 g/mol. The monoisotopic (exact) mass is 298 g/mol. The summed E-state index contributed by atoms with van der Waals surface area (Å²) in [5.41, 5.74) is 0.608. The summed E-state index contributed by atoms with van der Waals surface area (Å²) in [6, 6.07) is 3.53. The molecule has 3 nitrogen and oxygen atoms in total. The predicted octanol–water partition coefficient (Wildman–Crippen LogP) is 3.01. The van der Waals surface area contributed by atoms with Crippen LogP contribution in [-0.2, 0) is 0 Å². The molecule has 0 saturated carbocycles. The summed E-state index contributed by atoms with van der Waals surface area (Å²) in [5, 5.41) is 2.92. The molecule has 94 valence electrons. The molecule has 0 saturated heterocycles. The number of pyridine rings is 1. The highest BCUT2D eigenvalue weighted by Gasteiger charge is 2.16. The van der Waals surface area contributed by atoms with Gasteiger partial charge in [0, 0.05) is 23.8 Å². The highest BCUT2D eigenvalue weighted by atomic mass is 79.9. The first kappa shape index (κ1) is 14.2. The van der Waals surface area contributed by atoms with Crippen LogP contribution in [0.15, 0.2) is 24.5 Å². The van der Waals surface area contributed by atoms with Crippen LogP contribution in [0.1, 0.15) is 37.0 Å². The van der Waals surface area contributed by atoms with Gasteiger partial charge >= 0.3 is 0 Å². The van der Waals surface area contributed by atoms with Crippen LogP contribution in [0.25, 0.3) is 0 Å². The van der Waals surface area contributed by atoms with E-state index in [0.717, 1.165) is 12.8 Å². The summed E-state index contributed by atoms with van der Waals surface area (Å²) >= 11 is 3.64. The molecule has 0 aliphatic heterocycles. The second kappa shape index (κ2) is 7.43. The fourth-order valence-electron chi connectivity index (χ4n) is 1.76. The van der Waals surface area contributed by atoms with Crippen molar-refractivity contribution in [3.05, 3.63) is 30.1 Å². The van der Waals surface area contributed by atoms with Crippen molar-refractivity contribution in [3.63, 3.8) is 0 Å². The van der Waals surface area contributed by atoms with E-state index in [-0.39, 0.29) is 5.91 Å². The van der Waals surface area contributed by atoms with Crippen LogP contribution in [0, 0.1) is 5.92 Å². The predicted molar refractivity (Wildman–Crippen MR) is 73.4 cm³/mol. The van der Waals surface area contributed by atoms with E-state index < -0.39 is 0 Å². The van der Waals surface area contributed by atoms with Crippen LogP contribution >= 0.6 is 15.9 Å². The molecular weight excluding hydrogens is 280 g/mol. The van der Waals surface area contributed by atoms with Gasteiger partial charge in [0.05, 0.1) is 5.56 Å². The number of nitrogens with zero attached hydrogens (tertiary/aromatic N) is 1. The van der Waals surface area contributed by atoms with Crippen LogP contribution in [0.5, 0.6) is 0 Å². The van der Waals surface area contributed by atoms with Crippen LogP contribution in [-0.4, -0.2) is 22.3 Å². The number of amides is 1. The molecule has 0 aliphatic rings. The summed E-state index contributed by atoms with van der Waals surface area (Å²) < 4.78 is 0. The normalized spacial score (nSPS) is 12.5. The Labute approximate surface area is 111 Å². The minimum Gasteiger partial charge on any atom is -0.351 e. The first-order valence-corrected chi connectivity index (χ1v) is 6.92. The summed E-state index contributed by atoms with van der Waals surface area (Å²) in [7, 11) is 0. The Balaban J connectivity index is 2.43. The Morgan fingerprint density at radius 1 is 1.47 bits per heavy atom. The van der Waals surface area contributed by atoms with Gasteiger partial charge in [-0.15, -0.1) is 0 Å². The van der Waals surface area contributed by atoms with Gasteiger partial charge < -0.3 is 5.32 Å². The summed E-state index contributed by atoms with van der Waals surface area (Å²) in [5.74, 6) is 0.540. The summed E-state index contributed by atoms with van der Waals surface area (Å²) in [4.78, 5) is 16.0. The third kappa shape index (κ3) is 4.46. The largest absolute Gasteiger partial charge is 0.351 e. The van der Waals surface area contributed by atoms with Crippen molar-refractivity contribution >= 4 is 21.8 Å². The molecule has 1 unspecified atom stereocenters. The molecule has 0 aliphatic carbocycles. The molecular formula is C13H19BrN2O. The molecule has 0 spiro atoms. The van der Waals surface area contributed by atoms with Crippen molar-refractivity contribution in [3.8, 4) is 0 Å². The Hall–Kier alpha value is -0.900. The quantitative estimate of drug-likeness (QED) is 0.820. The number of halogens is 1. The van der Waals surface area contributed by atoms with Gasteiger partial charge in [-0.25, -0.2) is 0 Å². The molecule has 1 aromatic rings. The zero-order chi connectivity index (χ0) is 12.7. The number of carbonyl (C=O) groups is 1. The number of hydrogen-bond acceptors (Lipinski definition) is 2. The fourth-order valence-corrected chi connectivity index (χ4v) is 2.67. The molecule has 1 aromatic heterocycles. The zero-order valence-corrected chi connectivity index (χ0v) is 11.9. The second-order valence-electron chi connectivity index (χ2n) is 4.04. The first-order valence-electron chi connectivity index (χ1n) is 6.01. The van der Waals surface area contributed by atoms with Crippen molar-refractivity contribution in [1.29, 1.82) is 0 Å². The fraction of sp³-hybridized carbons (Fsp3) is 0.538. The minimum atomic E-state index is -0.0616. The Morgan fingerprint density at radius 3 is 2.71 bits per heavy atom. The molecule has 4 heteroatoms. The lowest BCUT2D eigenvalue weighted by Crippen LogP contribution is -2.32. The molecule has 1 N–H and O–H groups in total. The molecule has 1 atom stereocenters. The van der Waals surface area contributed by atoms with Crippen LogP contribution < -0.4 is 5.32 Å². The topological polar surface area (TPSA) is 42.0 Å². The third-order valence-corrected chi connectivity index (χ3v) is 4.01.